The first-order valence-corrected chi connectivity index (χ1v) is 5.46. The number of nitrogens with zero attached hydrogens (tertiary/aromatic N) is 1. The van der Waals surface area contributed by atoms with Crippen LogP contribution in [0.3, 0.4) is 0 Å². The van der Waals surface area contributed by atoms with Crippen molar-refractivity contribution in [2.45, 2.75) is 13.0 Å². The van der Waals surface area contributed by atoms with Crippen molar-refractivity contribution in [2.24, 2.45) is 5.10 Å². The first kappa shape index (κ1) is 12.5. The van der Waals surface area contributed by atoms with Gasteiger partial charge in [0.1, 0.15) is 0 Å². The average Bonchev–Trinajstić information content (AvgIpc) is 2.30. The van der Waals surface area contributed by atoms with Crippen molar-refractivity contribution >= 4 is 23.8 Å². The van der Waals surface area contributed by atoms with E-state index in [9.17, 15) is 4.79 Å². The zero-order valence-corrected chi connectivity index (χ0v) is 9.74. The van der Waals surface area contributed by atoms with Crippen molar-refractivity contribution in [1.29, 1.82) is 0 Å². The van der Waals surface area contributed by atoms with Crippen LogP contribution >= 0.6 is 11.6 Å². The molecule has 0 saturated heterocycles. The van der Waals surface area contributed by atoms with Gasteiger partial charge in [-0.05, 0) is 12.5 Å². The molecule has 0 aromatic heterocycles. The third kappa shape index (κ3) is 4.79. The zero-order valence-electron chi connectivity index (χ0n) is 8.98. The lowest BCUT2D eigenvalue weighted by Gasteiger charge is -2.08. The molecule has 0 aliphatic rings. The van der Waals surface area contributed by atoms with Gasteiger partial charge in [-0.25, -0.2) is 10.2 Å². The summed E-state index contributed by atoms with van der Waals surface area (Å²) in [5.74, 6) is 0.371. The molecule has 5 heteroatoms. The van der Waals surface area contributed by atoms with E-state index in [4.69, 9.17) is 11.6 Å². The maximum absolute atomic E-state index is 11.2. The van der Waals surface area contributed by atoms with Crippen LogP contribution in [0.2, 0.25) is 0 Å². The summed E-state index contributed by atoms with van der Waals surface area (Å²) in [7, 11) is 0. The molecule has 4 nitrogen and oxygen atoms in total. The van der Waals surface area contributed by atoms with Crippen molar-refractivity contribution < 1.29 is 4.79 Å². The lowest BCUT2D eigenvalue weighted by molar-refractivity contribution is 0.239. The number of alkyl halides is 1. The SMILES string of the molecule is CC(CCl)NC(=O)N/N=C\c1ccccc1. The van der Waals surface area contributed by atoms with Gasteiger partial charge in [0.2, 0.25) is 0 Å². The molecular weight excluding hydrogens is 226 g/mol. The van der Waals surface area contributed by atoms with Crippen LogP contribution in [0.15, 0.2) is 35.4 Å². The van der Waals surface area contributed by atoms with Crippen LogP contribution in [0.25, 0.3) is 0 Å². The predicted molar refractivity (Wildman–Crippen MR) is 65.9 cm³/mol. The molecule has 86 valence electrons. The Labute approximate surface area is 99.7 Å². The van der Waals surface area contributed by atoms with E-state index in [0.29, 0.717) is 5.88 Å². The van der Waals surface area contributed by atoms with Gasteiger partial charge in [0.15, 0.2) is 0 Å². The summed E-state index contributed by atoms with van der Waals surface area (Å²) in [5.41, 5.74) is 3.28. The largest absolute Gasteiger partial charge is 0.335 e. The summed E-state index contributed by atoms with van der Waals surface area (Å²) in [5, 5.41) is 6.42. The summed E-state index contributed by atoms with van der Waals surface area (Å²) in [6, 6.07) is 9.07. The lowest BCUT2D eigenvalue weighted by Crippen LogP contribution is -2.39. The number of benzene rings is 1. The predicted octanol–water partition coefficient (Wildman–Crippen LogP) is 1.95. The minimum absolute atomic E-state index is 0.0754. The quantitative estimate of drug-likeness (QED) is 0.471. The molecular formula is C11H14ClN3O. The van der Waals surface area contributed by atoms with Crippen LogP contribution in [0.5, 0.6) is 0 Å². The Morgan fingerprint density at radius 3 is 2.81 bits per heavy atom. The van der Waals surface area contributed by atoms with Crippen LogP contribution in [0.1, 0.15) is 12.5 Å². The number of amides is 2. The molecule has 0 aliphatic heterocycles. The second kappa shape index (κ2) is 6.85. The van der Waals surface area contributed by atoms with Gasteiger partial charge in [-0.1, -0.05) is 30.3 Å². The number of nitrogens with one attached hydrogen (secondary N) is 2. The number of carbonyl (C=O) groups excluding carboxylic acids is 1. The molecule has 0 saturated carbocycles. The number of halogens is 1. The number of hydrazone groups is 1. The van der Waals surface area contributed by atoms with E-state index in [-0.39, 0.29) is 12.1 Å². The Morgan fingerprint density at radius 1 is 1.50 bits per heavy atom. The molecule has 2 amide bonds. The fourth-order valence-corrected chi connectivity index (χ4v) is 1.08. The molecule has 2 N–H and O–H groups in total. The summed E-state index contributed by atoms with van der Waals surface area (Å²) in [6.45, 7) is 1.81. The second-order valence-electron chi connectivity index (χ2n) is 3.31. The minimum Gasteiger partial charge on any atom is -0.333 e. The van der Waals surface area contributed by atoms with Crippen LogP contribution in [0, 0.1) is 0 Å². The van der Waals surface area contributed by atoms with Gasteiger partial charge in [0.05, 0.1) is 6.21 Å². The molecule has 1 aromatic rings. The summed E-state index contributed by atoms with van der Waals surface area (Å²) in [4.78, 5) is 11.2. The molecule has 1 rings (SSSR count). The maximum atomic E-state index is 11.2. The number of carbonyl (C=O) groups is 1. The second-order valence-corrected chi connectivity index (χ2v) is 3.62. The topological polar surface area (TPSA) is 53.5 Å². The lowest BCUT2D eigenvalue weighted by atomic mass is 10.2. The molecule has 1 atom stereocenters. The van der Waals surface area contributed by atoms with Gasteiger partial charge >= 0.3 is 6.03 Å². The van der Waals surface area contributed by atoms with E-state index in [0.717, 1.165) is 5.56 Å². The van der Waals surface area contributed by atoms with Crippen LogP contribution in [0.4, 0.5) is 4.79 Å². The van der Waals surface area contributed by atoms with E-state index in [1.165, 1.54) is 0 Å². The Balaban J connectivity index is 2.34. The first-order valence-electron chi connectivity index (χ1n) is 4.93. The Kier molecular flexibility index (Phi) is 5.36. The third-order valence-corrected chi connectivity index (χ3v) is 2.25. The van der Waals surface area contributed by atoms with Gasteiger partial charge in [0.25, 0.3) is 0 Å². The molecule has 0 spiro atoms. The van der Waals surface area contributed by atoms with Crippen LogP contribution in [-0.4, -0.2) is 24.2 Å². The number of rotatable bonds is 4. The van der Waals surface area contributed by atoms with Gasteiger partial charge < -0.3 is 5.32 Å². The molecule has 1 aromatic carbocycles. The van der Waals surface area contributed by atoms with Gasteiger partial charge in [-0.3, -0.25) is 0 Å². The standard InChI is InChI=1S/C11H14ClN3O/c1-9(7-12)14-11(16)15-13-8-10-5-3-2-4-6-10/h2-6,8-9H,7H2,1H3,(H2,14,15,16)/b13-8-. The highest BCUT2D eigenvalue weighted by Gasteiger charge is 2.03. The molecule has 0 radical (unpaired) electrons. The van der Waals surface area contributed by atoms with Crippen molar-refractivity contribution in [3.63, 3.8) is 0 Å². The Morgan fingerprint density at radius 2 is 2.19 bits per heavy atom. The van der Waals surface area contributed by atoms with Crippen molar-refractivity contribution in [3.8, 4) is 0 Å². The fourth-order valence-electron chi connectivity index (χ4n) is 0.999. The summed E-state index contributed by atoms with van der Waals surface area (Å²) < 4.78 is 0. The van der Waals surface area contributed by atoms with Crippen molar-refractivity contribution in [3.05, 3.63) is 35.9 Å². The van der Waals surface area contributed by atoms with Crippen molar-refractivity contribution in [1.82, 2.24) is 10.7 Å². The number of urea groups is 1. The summed E-state index contributed by atoms with van der Waals surface area (Å²) >= 11 is 5.55. The molecule has 0 aliphatic carbocycles. The highest BCUT2D eigenvalue weighted by molar-refractivity contribution is 6.18. The van der Waals surface area contributed by atoms with Crippen LogP contribution < -0.4 is 10.7 Å². The monoisotopic (exact) mass is 239 g/mol. The molecule has 0 heterocycles. The smallest absolute Gasteiger partial charge is 0.333 e. The van der Waals surface area contributed by atoms with E-state index in [1.807, 2.05) is 37.3 Å². The average molecular weight is 240 g/mol. The molecule has 16 heavy (non-hydrogen) atoms. The maximum Gasteiger partial charge on any atom is 0.335 e. The molecule has 1 unspecified atom stereocenters. The fraction of sp³-hybridized carbons (Fsp3) is 0.273. The number of hydrogen-bond acceptors (Lipinski definition) is 2. The molecule has 0 fully saturated rings. The summed E-state index contributed by atoms with van der Waals surface area (Å²) in [6.07, 6.45) is 1.57. The van der Waals surface area contributed by atoms with Crippen LogP contribution in [-0.2, 0) is 0 Å². The Bertz CT molecular complexity index is 354. The number of hydrogen-bond donors (Lipinski definition) is 2. The zero-order chi connectivity index (χ0) is 11.8. The Hall–Kier alpha value is -1.55. The minimum atomic E-state index is -0.361. The van der Waals surface area contributed by atoms with Gasteiger partial charge in [0, 0.05) is 11.9 Å². The highest BCUT2D eigenvalue weighted by Crippen LogP contribution is 1.93. The van der Waals surface area contributed by atoms with Gasteiger partial charge in [-0.15, -0.1) is 11.6 Å². The molecule has 0 bridgehead atoms. The van der Waals surface area contributed by atoms with Crippen molar-refractivity contribution in [2.75, 3.05) is 5.88 Å². The van der Waals surface area contributed by atoms with E-state index in [1.54, 1.807) is 6.21 Å². The van der Waals surface area contributed by atoms with E-state index < -0.39 is 0 Å². The third-order valence-electron chi connectivity index (χ3n) is 1.79. The van der Waals surface area contributed by atoms with Gasteiger partial charge in [-0.2, -0.15) is 5.10 Å². The normalized spacial score (nSPS) is 12.4. The first-order chi connectivity index (χ1) is 7.72. The van der Waals surface area contributed by atoms with E-state index in [2.05, 4.69) is 15.8 Å². The highest BCUT2D eigenvalue weighted by atomic mass is 35.5. The van der Waals surface area contributed by atoms with E-state index >= 15 is 0 Å².